The number of carbonyl (C=O) groups is 3. The molecule has 0 aromatic heterocycles. The van der Waals surface area contributed by atoms with E-state index in [0.29, 0.717) is 12.8 Å². The Balaban J connectivity index is 4.72. The SMILES string of the molecule is COC(=O)CC[C@H](NC(=O)OC(C)(C)C)C(=O)CCC=C(C)C. The van der Waals surface area contributed by atoms with Gasteiger partial charge in [0.25, 0.3) is 0 Å². The number of ketones is 1. The largest absolute Gasteiger partial charge is 0.469 e. The third-order valence-electron chi connectivity index (χ3n) is 2.89. The lowest BCUT2D eigenvalue weighted by Crippen LogP contribution is -2.43. The van der Waals surface area contributed by atoms with Crippen LogP contribution in [0.5, 0.6) is 0 Å². The van der Waals surface area contributed by atoms with E-state index in [4.69, 9.17) is 4.74 Å². The molecule has 6 nitrogen and oxygen atoms in total. The number of esters is 1. The molecule has 0 saturated heterocycles. The van der Waals surface area contributed by atoms with Crippen LogP contribution in [0.25, 0.3) is 0 Å². The van der Waals surface area contributed by atoms with Crippen LogP contribution in [0.15, 0.2) is 11.6 Å². The van der Waals surface area contributed by atoms with Crippen LogP contribution in [0.3, 0.4) is 0 Å². The van der Waals surface area contributed by atoms with E-state index in [1.165, 1.54) is 7.11 Å². The van der Waals surface area contributed by atoms with Gasteiger partial charge in [-0.1, -0.05) is 11.6 Å². The fourth-order valence-corrected chi connectivity index (χ4v) is 1.81. The Bertz CT molecular complexity index is 444. The monoisotopic (exact) mass is 327 g/mol. The number of ether oxygens (including phenoxy) is 2. The summed E-state index contributed by atoms with van der Waals surface area (Å²) in [5.41, 5.74) is 0.478. The van der Waals surface area contributed by atoms with Crippen molar-refractivity contribution in [3.63, 3.8) is 0 Å². The molecular weight excluding hydrogens is 298 g/mol. The molecule has 0 aliphatic carbocycles. The Morgan fingerprint density at radius 3 is 2.22 bits per heavy atom. The highest BCUT2D eigenvalue weighted by molar-refractivity contribution is 5.88. The molecule has 0 aromatic carbocycles. The molecule has 6 heteroatoms. The summed E-state index contributed by atoms with van der Waals surface area (Å²) in [6.07, 6.45) is 2.45. The van der Waals surface area contributed by atoms with E-state index in [1.807, 2.05) is 19.9 Å². The number of hydrogen-bond acceptors (Lipinski definition) is 5. The molecule has 132 valence electrons. The van der Waals surface area contributed by atoms with Crippen molar-refractivity contribution >= 4 is 17.8 Å². The summed E-state index contributed by atoms with van der Waals surface area (Å²) in [6, 6.07) is -0.755. The van der Waals surface area contributed by atoms with Gasteiger partial charge >= 0.3 is 12.1 Å². The van der Waals surface area contributed by atoms with Crippen molar-refractivity contribution in [2.75, 3.05) is 7.11 Å². The van der Waals surface area contributed by atoms with Gasteiger partial charge in [0, 0.05) is 12.8 Å². The molecule has 0 rings (SSSR count). The minimum absolute atomic E-state index is 0.0609. The number of rotatable bonds is 8. The maximum absolute atomic E-state index is 12.3. The first-order valence-electron chi connectivity index (χ1n) is 7.77. The number of carbonyl (C=O) groups excluding carboxylic acids is 3. The van der Waals surface area contributed by atoms with Gasteiger partial charge in [-0.15, -0.1) is 0 Å². The van der Waals surface area contributed by atoms with Crippen molar-refractivity contribution < 1.29 is 23.9 Å². The van der Waals surface area contributed by atoms with Crippen molar-refractivity contribution in [1.82, 2.24) is 5.32 Å². The normalized spacial score (nSPS) is 12.1. The van der Waals surface area contributed by atoms with Gasteiger partial charge in [-0.05, 0) is 47.5 Å². The van der Waals surface area contributed by atoms with Crippen molar-refractivity contribution in [3.05, 3.63) is 11.6 Å². The topological polar surface area (TPSA) is 81.7 Å². The highest BCUT2D eigenvalue weighted by Gasteiger charge is 2.24. The smallest absolute Gasteiger partial charge is 0.408 e. The molecule has 1 N–H and O–H groups in total. The Kier molecular flexibility index (Phi) is 9.22. The van der Waals surface area contributed by atoms with E-state index in [9.17, 15) is 14.4 Å². The van der Waals surface area contributed by atoms with Crippen molar-refractivity contribution in [2.45, 2.75) is 71.9 Å². The van der Waals surface area contributed by atoms with Gasteiger partial charge in [0.1, 0.15) is 5.60 Å². The molecule has 0 unspecified atom stereocenters. The molecule has 0 radical (unpaired) electrons. The van der Waals surface area contributed by atoms with Crippen LogP contribution in [-0.4, -0.2) is 36.6 Å². The number of amides is 1. The Hall–Kier alpha value is -1.85. The minimum atomic E-state index is -0.755. The molecule has 0 spiro atoms. The van der Waals surface area contributed by atoms with Crippen LogP contribution in [0, 0.1) is 0 Å². The van der Waals surface area contributed by atoms with Crippen LogP contribution in [-0.2, 0) is 19.1 Å². The second kappa shape index (κ2) is 10.0. The van der Waals surface area contributed by atoms with Crippen LogP contribution in [0.2, 0.25) is 0 Å². The first-order valence-corrected chi connectivity index (χ1v) is 7.77. The average molecular weight is 327 g/mol. The predicted molar refractivity (Wildman–Crippen MR) is 88.1 cm³/mol. The van der Waals surface area contributed by atoms with Crippen LogP contribution < -0.4 is 5.32 Å². The number of alkyl carbamates (subject to hydrolysis) is 1. The van der Waals surface area contributed by atoms with Crippen molar-refractivity contribution in [3.8, 4) is 0 Å². The molecule has 0 saturated carbocycles. The molecule has 1 amide bonds. The number of nitrogens with one attached hydrogen (secondary N) is 1. The van der Waals surface area contributed by atoms with E-state index in [0.717, 1.165) is 5.57 Å². The zero-order chi connectivity index (χ0) is 18.0. The molecule has 0 bridgehead atoms. The fourth-order valence-electron chi connectivity index (χ4n) is 1.81. The maximum Gasteiger partial charge on any atom is 0.408 e. The predicted octanol–water partition coefficient (Wildman–Crippen LogP) is 3.15. The molecule has 0 aliphatic heterocycles. The number of methoxy groups -OCH3 is 1. The molecular formula is C17H29NO5. The molecule has 1 atom stereocenters. The van der Waals surface area contributed by atoms with Gasteiger partial charge in [-0.2, -0.15) is 0 Å². The van der Waals surface area contributed by atoms with Crippen molar-refractivity contribution in [2.24, 2.45) is 0 Å². The van der Waals surface area contributed by atoms with Gasteiger partial charge in [0.05, 0.1) is 13.2 Å². The highest BCUT2D eigenvalue weighted by atomic mass is 16.6. The van der Waals surface area contributed by atoms with Crippen LogP contribution in [0.1, 0.15) is 60.3 Å². The van der Waals surface area contributed by atoms with Gasteiger partial charge in [0.15, 0.2) is 5.78 Å². The summed E-state index contributed by atoms with van der Waals surface area (Å²) in [5.74, 6) is -0.546. The molecule has 0 aliphatic rings. The fraction of sp³-hybridized carbons (Fsp3) is 0.706. The summed E-state index contributed by atoms with van der Waals surface area (Å²) in [6.45, 7) is 9.14. The molecule has 0 fully saturated rings. The third-order valence-corrected chi connectivity index (χ3v) is 2.89. The van der Waals surface area contributed by atoms with E-state index in [2.05, 4.69) is 10.1 Å². The maximum atomic E-state index is 12.3. The van der Waals surface area contributed by atoms with E-state index < -0.39 is 23.7 Å². The Labute approximate surface area is 138 Å². The summed E-state index contributed by atoms with van der Waals surface area (Å²) >= 11 is 0. The number of allylic oxidation sites excluding steroid dienone is 2. The van der Waals surface area contributed by atoms with Crippen LogP contribution >= 0.6 is 0 Å². The second-order valence-corrected chi connectivity index (χ2v) is 6.60. The van der Waals surface area contributed by atoms with E-state index in [1.54, 1.807) is 20.8 Å². The Morgan fingerprint density at radius 2 is 1.74 bits per heavy atom. The quantitative estimate of drug-likeness (QED) is 0.547. The molecule has 0 heterocycles. The lowest BCUT2D eigenvalue weighted by atomic mass is 10.0. The standard InChI is InChI=1S/C17H29NO5/c1-12(2)8-7-9-14(19)13(10-11-15(20)22-6)18-16(21)23-17(3,4)5/h8,13H,7,9-11H2,1-6H3,(H,18,21)/t13-/m0/s1. The summed E-state index contributed by atoms with van der Waals surface area (Å²) in [7, 11) is 1.29. The first-order chi connectivity index (χ1) is 10.5. The summed E-state index contributed by atoms with van der Waals surface area (Å²) < 4.78 is 9.74. The van der Waals surface area contributed by atoms with Gasteiger partial charge in [-0.3, -0.25) is 9.59 Å². The average Bonchev–Trinajstić information content (AvgIpc) is 2.40. The number of hydrogen-bond donors (Lipinski definition) is 1. The summed E-state index contributed by atoms with van der Waals surface area (Å²) in [5, 5.41) is 2.55. The van der Waals surface area contributed by atoms with Gasteiger partial charge < -0.3 is 14.8 Å². The second-order valence-electron chi connectivity index (χ2n) is 6.60. The zero-order valence-electron chi connectivity index (χ0n) is 15.0. The van der Waals surface area contributed by atoms with Gasteiger partial charge in [-0.25, -0.2) is 4.79 Å². The number of Topliss-reactive ketones (excluding diaryl/α,β-unsaturated/α-hetero) is 1. The van der Waals surface area contributed by atoms with Crippen LogP contribution in [0.4, 0.5) is 4.79 Å². The third kappa shape index (κ3) is 11.4. The summed E-state index contributed by atoms with van der Waals surface area (Å²) in [4.78, 5) is 35.4. The lowest BCUT2D eigenvalue weighted by molar-refractivity contribution is -0.140. The van der Waals surface area contributed by atoms with E-state index in [-0.39, 0.29) is 18.6 Å². The van der Waals surface area contributed by atoms with Crippen molar-refractivity contribution in [1.29, 1.82) is 0 Å². The highest BCUT2D eigenvalue weighted by Crippen LogP contribution is 2.10. The first kappa shape index (κ1) is 21.1. The minimum Gasteiger partial charge on any atom is -0.469 e. The molecule has 0 aromatic rings. The zero-order valence-corrected chi connectivity index (χ0v) is 15.0. The lowest BCUT2D eigenvalue weighted by Gasteiger charge is -2.23. The van der Waals surface area contributed by atoms with E-state index >= 15 is 0 Å². The Morgan fingerprint density at radius 1 is 1.13 bits per heavy atom. The van der Waals surface area contributed by atoms with Gasteiger partial charge in [0.2, 0.25) is 0 Å². The molecule has 23 heavy (non-hydrogen) atoms.